The van der Waals surface area contributed by atoms with E-state index in [2.05, 4.69) is 27.8 Å². The molecule has 0 atom stereocenters. The number of para-hydroxylation sites is 2. The van der Waals surface area contributed by atoms with Gasteiger partial charge in [-0.2, -0.15) is 0 Å². The zero-order valence-corrected chi connectivity index (χ0v) is 15.4. The van der Waals surface area contributed by atoms with Crippen LogP contribution in [0.4, 0.5) is 10.5 Å². The Morgan fingerprint density at radius 2 is 1.64 bits per heavy atom. The van der Waals surface area contributed by atoms with Crippen molar-refractivity contribution in [2.75, 3.05) is 11.9 Å². The number of benzene rings is 3. The molecule has 0 fully saturated rings. The number of hydrogen-bond acceptors (Lipinski definition) is 3. The van der Waals surface area contributed by atoms with Gasteiger partial charge in [0.1, 0.15) is 5.52 Å². The number of aromatic nitrogens is 1. The molecule has 2 N–H and O–H groups in total. The van der Waals surface area contributed by atoms with Crippen molar-refractivity contribution < 1.29 is 9.21 Å². The largest absolute Gasteiger partial charge is 0.436 e. The molecule has 0 aliphatic heterocycles. The third-order valence-electron chi connectivity index (χ3n) is 4.45. The van der Waals surface area contributed by atoms with Gasteiger partial charge in [-0.05, 0) is 54.8 Å². The maximum atomic E-state index is 12.0. The summed E-state index contributed by atoms with van der Waals surface area (Å²) in [6.45, 7) is 0.627. The zero-order valence-electron chi connectivity index (χ0n) is 15.4. The summed E-state index contributed by atoms with van der Waals surface area (Å²) >= 11 is 0. The second-order valence-corrected chi connectivity index (χ2v) is 6.53. The first-order valence-corrected chi connectivity index (χ1v) is 9.33. The maximum Gasteiger partial charge on any atom is 0.319 e. The van der Waals surface area contributed by atoms with Crippen molar-refractivity contribution in [3.05, 3.63) is 84.4 Å². The lowest BCUT2D eigenvalue weighted by molar-refractivity contribution is 0.252. The number of aryl methyl sites for hydroxylation is 1. The van der Waals surface area contributed by atoms with Crippen LogP contribution in [0.15, 0.2) is 83.3 Å². The average Bonchev–Trinajstić information content (AvgIpc) is 3.17. The van der Waals surface area contributed by atoms with Crippen LogP contribution in [0, 0.1) is 0 Å². The molecular weight excluding hydrogens is 350 g/mol. The number of fused-ring (bicyclic) bond motifs is 1. The van der Waals surface area contributed by atoms with Gasteiger partial charge in [0.15, 0.2) is 5.58 Å². The number of rotatable bonds is 6. The number of oxazole rings is 1. The van der Waals surface area contributed by atoms with Crippen LogP contribution in [0.3, 0.4) is 0 Å². The fourth-order valence-corrected chi connectivity index (χ4v) is 3.01. The van der Waals surface area contributed by atoms with Gasteiger partial charge < -0.3 is 15.1 Å². The van der Waals surface area contributed by atoms with E-state index in [1.165, 1.54) is 5.56 Å². The van der Waals surface area contributed by atoms with E-state index in [-0.39, 0.29) is 6.03 Å². The monoisotopic (exact) mass is 371 g/mol. The van der Waals surface area contributed by atoms with Crippen molar-refractivity contribution in [1.82, 2.24) is 10.3 Å². The first-order chi connectivity index (χ1) is 13.8. The molecule has 0 aliphatic carbocycles. The number of hydrogen-bond donors (Lipinski definition) is 2. The smallest absolute Gasteiger partial charge is 0.319 e. The van der Waals surface area contributed by atoms with Gasteiger partial charge in [0.05, 0.1) is 0 Å². The molecule has 5 nitrogen and oxygen atoms in total. The minimum absolute atomic E-state index is 0.206. The highest BCUT2D eigenvalue weighted by atomic mass is 16.3. The Morgan fingerprint density at radius 3 is 2.43 bits per heavy atom. The molecule has 0 radical (unpaired) electrons. The van der Waals surface area contributed by atoms with Crippen LogP contribution in [-0.2, 0) is 6.42 Å². The molecule has 28 heavy (non-hydrogen) atoms. The molecule has 0 bridgehead atoms. The van der Waals surface area contributed by atoms with Gasteiger partial charge in [0.25, 0.3) is 0 Å². The highest BCUT2D eigenvalue weighted by molar-refractivity contribution is 5.89. The van der Waals surface area contributed by atoms with E-state index in [9.17, 15) is 4.79 Å². The van der Waals surface area contributed by atoms with E-state index < -0.39 is 0 Å². The lowest BCUT2D eigenvalue weighted by Gasteiger charge is -2.08. The summed E-state index contributed by atoms with van der Waals surface area (Å²) in [7, 11) is 0. The average molecular weight is 371 g/mol. The van der Waals surface area contributed by atoms with Gasteiger partial charge in [0.2, 0.25) is 5.89 Å². The molecule has 4 rings (SSSR count). The molecule has 3 aromatic carbocycles. The molecule has 5 heteroatoms. The van der Waals surface area contributed by atoms with Crippen LogP contribution in [0.2, 0.25) is 0 Å². The predicted molar refractivity (Wildman–Crippen MR) is 111 cm³/mol. The van der Waals surface area contributed by atoms with Crippen molar-refractivity contribution in [3.8, 4) is 11.5 Å². The van der Waals surface area contributed by atoms with Crippen LogP contribution in [0.5, 0.6) is 0 Å². The van der Waals surface area contributed by atoms with Crippen molar-refractivity contribution in [2.24, 2.45) is 0 Å². The summed E-state index contributed by atoms with van der Waals surface area (Å²) < 4.78 is 5.77. The van der Waals surface area contributed by atoms with E-state index in [1.807, 2.05) is 66.7 Å². The molecule has 0 spiro atoms. The molecular formula is C23H21N3O2. The van der Waals surface area contributed by atoms with Crippen molar-refractivity contribution in [2.45, 2.75) is 12.8 Å². The summed E-state index contributed by atoms with van der Waals surface area (Å²) in [5.41, 5.74) is 4.45. The number of nitrogens with zero attached hydrogens (tertiary/aromatic N) is 1. The first kappa shape index (κ1) is 17.8. The van der Waals surface area contributed by atoms with Crippen molar-refractivity contribution in [3.63, 3.8) is 0 Å². The Morgan fingerprint density at radius 1 is 0.893 bits per heavy atom. The molecule has 0 saturated carbocycles. The summed E-state index contributed by atoms with van der Waals surface area (Å²) in [6, 6.07) is 25.2. The maximum absolute atomic E-state index is 12.0. The fourth-order valence-electron chi connectivity index (χ4n) is 3.01. The van der Waals surface area contributed by atoms with Crippen molar-refractivity contribution in [1.29, 1.82) is 0 Å². The molecule has 0 aliphatic rings. The lowest BCUT2D eigenvalue weighted by atomic mass is 10.1. The van der Waals surface area contributed by atoms with Gasteiger partial charge in [-0.25, -0.2) is 9.78 Å². The molecule has 1 aromatic heterocycles. The molecule has 140 valence electrons. The van der Waals surface area contributed by atoms with Crippen LogP contribution >= 0.6 is 0 Å². The second-order valence-electron chi connectivity index (χ2n) is 6.53. The molecule has 0 saturated heterocycles. The SMILES string of the molecule is O=C(NCCCc1ccccc1)Nc1ccc(-c2nc3ccccc3o2)cc1. The fraction of sp³-hybridized carbons (Fsp3) is 0.130. The number of anilines is 1. The number of amides is 2. The Balaban J connectivity index is 1.28. The number of carbonyl (C=O) groups is 1. The Hall–Kier alpha value is -3.60. The van der Waals surface area contributed by atoms with E-state index in [0.29, 0.717) is 12.4 Å². The van der Waals surface area contributed by atoms with Crippen LogP contribution in [-0.4, -0.2) is 17.6 Å². The normalized spacial score (nSPS) is 10.7. The number of carbonyl (C=O) groups excluding carboxylic acids is 1. The predicted octanol–water partition coefficient (Wildman–Crippen LogP) is 5.25. The molecule has 0 unspecified atom stereocenters. The van der Waals surface area contributed by atoms with Gasteiger partial charge in [-0.3, -0.25) is 0 Å². The molecule has 1 heterocycles. The lowest BCUT2D eigenvalue weighted by Crippen LogP contribution is -2.29. The van der Waals surface area contributed by atoms with Gasteiger partial charge in [-0.1, -0.05) is 42.5 Å². The number of urea groups is 1. The summed E-state index contributed by atoms with van der Waals surface area (Å²) in [5, 5.41) is 5.73. The second kappa shape index (κ2) is 8.39. The molecule has 2 amide bonds. The third-order valence-corrected chi connectivity index (χ3v) is 4.45. The van der Waals surface area contributed by atoms with E-state index >= 15 is 0 Å². The van der Waals surface area contributed by atoms with Crippen LogP contribution in [0.1, 0.15) is 12.0 Å². The van der Waals surface area contributed by atoms with Crippen molar-refractivity contribution >= 4 is 22.8 Å². The number of nitrogens with one attached hydrogen (secondary N) is 2. The zero-order chi connectivity index (χ0) is 19.2. The first-order valence-electron chi connectivity index (χ1n) is 9.33. The summed E-state index contributed by atoms with van der Waals surface area (Å²) in [4.78, 5) is 16.5. The Labute approximate surface area is 163 Å². The van der Waals surface area contributed by atoms with E-state index in [4.69, 9.17) is 4.42 Å². The minimum Gasteiger partial charge on any atom is -0.436 e. The standard InChI is InChI=1S/C23H21N3O2/c27-23(24-16-6-9-17-7-2-1-3-8-17)25-19-14-12-18(13-15-19)22-26-20-10-4-5-11-21(20)28-22/h1-5,7-8,10-15H,6,9,16H2,(H2,24,25,27). The van der Waals surface area contributed by atoms with Crippen LogP contribution in [0.25, 0.3) is 22.6 Å². The quantitative estimate of drug-likeness (QED) is 0.455. The van der Waals surface area contributed by atoms with Gasteiger partial charge in [-0.15, -0.1) is 0 Å². The van der Waals surface area contributed by atoms with E-state index in [0.717, 1.165) is 35.2 Å². The topological polar surface area (TPSA) is 67.2 Å². The third kappa shape index (κ3) is 4.38. The highest BCUT2D eigenvalue weighted by Crippen LogP contribution is 2.25. The highest BCUT2D eigenvalue weighted by Gasteiger charge is 2.08. The Bertz CT molecular complexity index is 1020. The summed E-state index contributed by atoms with van der Waals surface area (Å²) in [5.74, 6) is 0.568. The van der Waals surface area contributed by atoms with Crippen LogP contribution < -0.4 is 10.6 Å². The van der Waals surface area contributed by atoms with E-state index in [1.54, 1.807) is 0 Å². The summed E-state index contributed by atoms with van der Waals surface area (Å²) in [6.07, 6.45) is 1.84. The molecule has 4 aromatic rings. The Kier molecular flexibility index (Phi) is 5.33. The van der Waals surface area contributed by atoms with Gasteiger partial charge >= 0.3 is 6.03 Å². The minimum atomic E-state index is -0.206. The van der Waals surface area contributed by atoms with Gasteiger partial charge in [0, 0.05) is 17.8 Å².